The van der Waals surface area contributed by atoms with Crippen molar-refractivity contribution in [2.45, 2.75) is 11.8 Å². The molecule has 3 aromatic rings. The normalized spacial score (nSPS) is 11.6. The molecule has 0 atom stereocenters. The number of nitrogens with zero attached hydrogens (tertiary/aromatic N) is 1. The third-order valence-corrected chi connectivity index (χ3v) is 5.29. The summed E-state index contributed by atoms with van der Waals surface area (Å²) in [4.78, 5) is 14.5. The largest absolute Gasteiger partial charge is 0.484 e. The second kappa shape index (κ2) is 9.71. The van der Waals surface area contributed by atoms with Crippen molar-refractivity contribution in [3.63, 3.8) is 0 Å². The number of anilines is 1. The monoisotopic (exact) mass is 423 g/mol. The Labute approximate surface area is 175 Å². The molecule has 0 unspecified atom stereocenters. The topological polar surface area (TPSA) is 96.9 Å². The van der Waals surface area contributed by atoms with Gasteiger partial charge in [0.1, 0.15) is 5.75 Å². The maximum absolute atomic E-state index is 12.3. The molecule has 0 aromatic heterocycles. The van der Waals surface area contributed by atoms with Crippen LogP contribution in [-0.4, -0.2) is 26.6 Å². The molecule has 0 aliphatic carbocycles. The number of amides is 1. The van der Waals surface area contributed by atoms with E-state index in [1.165, 1.54) is 12.1 Å². The van der Waals surface area contributed by atoms with Gasteiger partial charge in [0.25, 0.3) is 15.9 Å². The number of hydrogen-bond acceptors (Lipinski definition) is 5. The molecule has 0 radical (unpaired) electrons. The molecule has 7 nitrogen and oxygen atoms in total. The molecule has 0 fully saturated rings. The number of hydrazone groups is 1. The third kappa shape index (κ3) is 5.92. The van der Waals surface area contributed by atoms with E-state index in [0.717, 1.165) is 0 Å². The average Bonchev–Trinajstić information content (AvgIpc) is 2.77. The Morgan fingerprint density at radius 3 is 2.30 bits per heavy atom. The predicted molar refractivity (Wildman–Crippen MR) is 116 cm³/mol. The first-order valence-corrected chi connectivity index (χ1v) is 10.6. The fraction of sp³-hybridized carbons (Fsp3) is 0.0909. The molecular weight excluding hydrogens is 402 g/mol. The number of nitrogens with one attached hydrogen (secondary N) is 2. The molecule has 3 rings (SSSR count). The van der Waals surface area contributed by atoms with Crippen molar-refractivity contribution < 1.29 is 17.9 Å². The predicted octanol–water partition coefficient (Wildman–Crippen LogP) is 3.41. The van der Waals surface area contributed by atoms with Gasteiger partial charge in [0.15, 0.2) is 6.61 Å². The van der Waals surface area contributed by atoms with E-state index in [1.807, 2.05) is 18.2 Å². The number of ether oxygens (including phenoxy) is 1. The van der Waals surface area contributed by atoms with E-state index in [2.05, 4.69) is 15.2 Å². The maximum Gasteiger partial charge on any atom is 0.276 e. The molecule has 0 aliphatic rings. The first-order chi connectivity index (χ1) is 14.4. The number of carbonyl (C=O) groups excluding carboxylic acids is 1. The first-order valence-electron chi connectivity index (χ1n) is 9.13. The van der Waals surface area contributed by atoms with Gasteiger partial charge in [-0.15, -0.1) is 0 Å². The van der Waals surface area contributed by atoms with Crippen LogP contribution in [0, 0.1) is 0 Å². The summed E-state index contributed by atoms with van der Waals surface area (Å²) in [6.07, 6.45) is 0. The number of hydrogen-bond donors (Lipinski definition) is 2. The van der Waals surface area contributed by atoms with Crippen LogP contribution in [0.4, 0.5) is 5.69 Å². The van der Waals surface area contributed by atoms with Gasteiger partial charge in [-0.25, -0.2) is 0 Å². The zero-order chi connectivity index (χ0) is 21.4. The van der Waals surface area contributed by atoms with E-state index in [1.54, 1.807) is 61.5 Å². The van der Waals surface area contributed by atoms with Gasteiger partial charge in [0.05, 0.1) is 10.6 Å². The molecule has 1 amide bonds. The molecule has 0 aliphatic heterocycles. The van der Waals surface area contributed by atoms with Crippen molar-refractivity contribution in [3.8, 4) is 5.75 Å². The highest BCUT2D eigenvalue weighted by Gasteiger charge is 2.12. The molecule has 0 saturated heterocycles. The summed E-state index contributed by atoms with van der Waals surface area (Å²) < 4.78 is 30.0. The first kappa shape index (κ1) is 21.1. The number of benzene rings is 3. The Morgan fingerprint density at radius 2 is 1.60 bits per heavy atom. The van der Waals surface area contributed by atoms with Crippen molar-refractivity contribution in [1.29, 1.82) is 0 Å². The summed E-state index contributed by atoms with van der Waals surface area (Å²) >= 11 is 0. The van der Waals surface area contributed by atoms with Crippen molar-refractivity contribution in [2.24, 2.45) is 5.10 Å². The minimum atomic E-state index is -3.75. The van der Waals surface area contributed by atoms with E-state index in [-0.39, 0.29) is 17.4 Å². The van der Waals surface area contributed by atoms with E-state index in [0.29, 0.717) is 22.7 Å². The third-order valence-electron chi connectivity index (χ3n) is 4.06. The van der Waals surface area contributed by atoms with Gasteiger partial charge in [-0.1, -0.05) is 48.5 Å². The molecule has 154 valence electrons. The van der Waals surface area contributed by atoms with Gasteiger partial charge < -0.3 is 10.1 Å². The smallest absolute Gasteiger partial charge is 0.276 e. The fourth-order valence-electron chi connectivity index (χ4n) is 2.53. The Bertz CT molecular complexity index is 1130. The van der Waals surface area contributed by atoms with Crippen molar-refractivity contribution in [1.82, 2.24) is 4.83 Å². The summed E-state index contributed by atoms with van der Waals surface area (Å²) in [5, 5.41) is 6.73. The molecule has 3 aromatic carbocycles. The average molecular weight is 423 g/mol. The Kier molecular flexibility index (Phi) is 6.82. The van der Waals surface area contributed by atoms with Crippen LogP contribution < -0.4 is 14.9 Å². The number of sulfonamides is 1. The van der Waals surface area contributed by atoms with Crippen LogP contribution in [0.25, 0.3) is 0 Å². The zero-order valence-electron chi connectivity index (χ0n) is 16.3. The summed E-state index contributed by atoms with van der Waals surface area (Å²) in [6, 6.07) is 24.0. The minimum absolute atomic E-state index is 0.126. The van der Waals surface area contributed by atoms with Gasteiger partial charge in [0, 0.05) is 5.69 Å². The van der Waals surface area contributed by atoms with Crippen LogP contribution in [0.1, 0.15) is 12.5 Å². The van der Waals surface area contributed by atoms with Crippen LogP contribution in [0.15, 0.2) is 94.9 Å². The summed E-state index contributed by atoms with van der Waals surface area (Å²) in [6.45, 7) is 1.55. The zero-order valence-corrected chi connectivity index (χ0v) is 17.1. The van der Waals surface area contributed by atoms with Crippen LogP contribution in [0.5, 0.6) is 5.75 Å². The molecular formula is C22H21N3O4S. The van der Waals surface area contributed by atoms with Gasteiger partial charge in [-0.2, -0.15) is 18.4 Å². The standard InChI is InChI=1S/C22H21N3O4S/c1-17(24-25-30(27,28)21-13-6-3-7-14-21)18-9-8-10-19(15-18)23-22(26)16-29-20-11-4-2-5-12-20/h2-15,25H,16H2,1H3,(H,23,26)/b24-17+. The SMILES string of the molecule is C/C(=N\NS(=O)(=O)c1ccccc1)c1cccc(NC(=O)COc2ccccc2)c1. The molecule has 30 heavy (non-hydrogen) atoms. The summed E-state index contributed by atoms with van der Waals surface area (Å²) in [5.74, 6) is 0.297. The van der Waals surface area contributed by atoms with Crippen LogP contribution in [0.3, 0.4) is 0 Å². The minimum Gasteiger partial charge on any atom is -0.484 e. The summed E-state index contributed by atoms with van der Waals surface area (Å²) in [7, 11) is -3.75. The van der Waals surface area contributed by atoms with Crippen molar-refractivity contribution >= 4 is 27.3 Å². The van der Waals surface area contributed by atoms with Gasteiger partial charge in [0.2, 0.25) is 0 Å². The van der Waals surface area contributed by atoms with E-state index >= 15 is 0 Å². The lowest BCUT2D eigenvalue weighted by molar-refractivity contribution is -0.118. The highest BCUT2D eigenvalue weighted by atomic mass is 32.2. The molecule has 2 N–H and O–H groups in total. The molecule has 8 heteroatoms. The lowest BCUT2D eigenvalue weighted by atomic mass is 10.1. The Balaban J connectivity index is 1.62. The molecule has 0 saturated carbocycles. The second-order valence-electron chi connectivity index (χ2n) is 6.34. The maximum atomic E-state index is 12.3. The lowest BCUT2D eigenvalue weighted by Gasteiger charge is -2.09. The van der Waals surface area contributed by atoms with Crippen molar-refractivity contribution in [3.05, 3.63) is 90.5 Å². The van der Waals surface area contributed by atoms with Crippen LogP contribution in [0.2, 0.25) is 0 Å². The second-order valence-corrected chi connectivity index (χ2v) is 8.00. The van der Waals surface area contributed by atoms with Gasteiger partial charge in [-0.3, -0.25) is 4.79 Å². The Hall–Kier alpha value is -3.65. The molecule has 0 spiro atoms. The van der Waals surface area contributed by atoms with Gasteiger partial charge >= 0.3 is 0 Å². The summed E-state index contributed by atoms with van der Waals surface area (Å²) in [5.41, 5.74) is 1.66. The van der Waals surface area contributed by atoms with Crippen LogP contribution >= 0.6 is 0 Å². The van der Waals surface area contributed by atoms with Crippen molar-refractivity contribution in [2.75, 3.05) is 11.9 Å². The van der Waals surface area contributed by atoms with Gasteiger partial charge in [-0.05, 0) is 48.9 Å². The Morgan fingerprint density at radius 1 is 0.933 bits per heavy atom. The fourth-order valence-corrected chi connectivity index (χ4v) is 3.41. The lowest BCUT2D eigenvalue weighted by Crippen LogP contribution is -2.21. The van der Waals surface area contributed by atoms with Crippen LogP contribution in [-0.2, 0) is 14.8 Å². The van der Waals surface area contributed by atoms with E-state index < -0.39 is 10.0 Å². The number of rotatable bonds is 8. The quantitative estimate of drug-likeness (QED) is 0.429. The molecule has 0 heterocycles. The number of carbonyl (C=O) groups is 1. The highest BCUT2D eigenvalue weighted by molar-refractivity contribution is 7.89. The van der Waals surface area contributed by atoms with E-state index in [9.17, 15) is 13.2 Å². The van der Waals surface area contributed by atoms with E-state index in [4.69, 9.17) is 4.74 Å². The highest BCUT2D eigenvalue weighted by Crippen LogP contribution is 2.13. The number of para-hydroxylation sites is 1. The molecule has 0 bridgehead atoms.